The zero-order valence-electron chi connectivity index (χ0n) is 18.8. The van der Waals surface area contributed by atoms with E-state index >= 15 is 0 Å². The largest absolute Gasteiger partial charge is 0.466 e. The minimum absolute atomic E-state index is 0.0102. The number of allylic oxidation sites excluding steroid dienone is 2. The molecule has 2 heterocycles. The van der Waals surface area contributed by atoms with E-state index in [2.05, 4.69) is 6.58 Å². The molecular formula is C23H28O9. The SMILES string of the molecule is C=C1C(=O)O[C@@H]2/C=C(\C)CC/C=C(\C(=O)OC)[C@H](OC(C)=O)[C@@H](OC(=O)[C@]3(C)O[C@@H]3C)[C@@H]12. The number of carbonyl (C=O) groups is 4. The lowest BCUT2D eigenvalue weighted by Gasteiger charge is -2.33. The van der Waals surface area contributed by atoms with Crippen LogP contribution in [0.2, 0.25) is 0 Å². The standard InChI is InChI=1S/C23H28O9/c1-11-8-7-9-15(21(26)28-6)18(29-14(4)24)19(31-22(27)23(5)13(3)32-23)17-12(2)20(25)30-16(17)10-11/h9-10,13,16-19H,2,7-8H2,1,3-6H3/b11-10+,15-9-/t13-,16-,17+,18+,19+,23-/m1/s1. The first-order chi connectivity index (χ1) is 15.0. The predicted octanol–water partition coefficient (Wildman–Crippen LogP) is 1.94. The lowest BCUT2D eigenvalue weighted by Crippen LogP contribution is -2.47. The van der Waals surface area contributed by atoms with Crippen LogP contribution in [-0.2, 0) is 42.9 Å². The van der Waals surface area contributed by atoms with Crippen LogP contribution >= 0.6 is 0 Å². The van der Waals surface area contributed by atoms with Gasteiger partial charge < -0.3 is 23.7 Å². The Kier molecular flexibility index (Phi) is 6.59. The smallest absolute Gasteiger partial charge is 0.341 e. The predicted molar refractivity (Wildman–Crippen MR) is 110 cm³/mol. The summed E-state index contributed by atoms with van der Waals surface area (Å²) in [5.74, 6) is -3.70. The van der Waals surface area contributed by atoms with E-state index in [9.17, 15) is 19.2 Å². The summed E-state index contributed by atoms with van der Waals surface area (Å²) in [5, 5.41) is 0. The lowest BCUT2D eigenvalue weighted by molar-refractivity contribution is -0.173. The van der Waals surface area contributed by atoms with Crippen molar-refractivity contribution in [3.8, 4) is 0 Å². The maximum atomic E-state index is 13.0. The third-order valence-corrected chi connectivity index (χ3v) is 6.07. The van der Waals surface area contributed by atoms with Crippen LogP contribution in [0.5, 0.6) is 0 Å². The second kappa shape index (κ2) is 8.90. The molecule has 0 aromatic rings. The summed E-state index contributed by atoms with van der Waals surface area (Å²) in [5.41, 5.74) is -0.216. The molecule has 0 saturated carbocycles. The molecule has 0 radical (unpaired) electrons. The fourth-order valence-corrected chi connectivity index (χ4v) is 3.98. The minimum atomic E-state index is -1.34. The minimum Gasteiger partial charge on any atom is -0.466 e. The fraction of sp³-hybridized carbons (Fsp3) is 0.565. The molecule has 0 N–H and O–H groups in total. The first-order valence-electron chi connectivity index (χ1n) is 10.4. The average Bonchev–Trinajstić information content (AvgIpc) is 3.25. The van der Waals surface area contributed by atoms with Gasteiger partial charge in [-0.15, -0.1) is 0 Å². The van der Waals surface area contributed by atoms with E-state index in [-0.39, 0.29) is 17.3 Å². The van der Waals surface area contributed by atoms with Crippen molar-refractivity contribution in [1.82, 2.24) is 0 Å². The quantitative estimate of drug-likeness (QED) is 0.209. The van der Waals surface area contributed by atoms with Gasteiger partial charge in [-0.2, -0.15) is 0 Å². The van der Waals surface area contributed by atoms with E-state index < -0.39 is 53.7 Å². The van der Waals surface area contributed by atoms with E-state index in [4.69, 9.17) is 23.7 Å². The van der Waals surface area contributed by atoms with Crippen molar-refractivity contribution in [3.63, 3.8) is 0 Å². The Hall–Kier alpha value is -2.94. The number of fused-ring (bicyclic) bond motifs is 1. The molecule has 0 spiro atoms. The van der Waals surface area contributed by atoms with Crippen molar-refractivity contribution < 1.29 is 42.9 Å². The van der Waals surface area contributed by atoms with E-state index in [1.165, 1.54) is 14.0 Å². The van der Waals surface area contributed by atoms with Crippen LogP contribution in [0.4, 0.5) is 0 Å². The van der Waals surface area contributed by atoms with Gasteiger partial charge in [0.25, 0.3) is 0 Å². The third-order valence-electron chi connectivity index (χ3n) is 6.07. The Morgan fingerprint density at radius 2 is 1.91 bits per heavy atom. The van der Waals surface area contributed by atoms with Crippen LogP contribution in [-0.4, -0.2) is 61.0 Å². The van der Waals surface area contributed by atoms with Crippen LogP contribution < -0.4 is 0 Å². The molecule has 1 aliphatic carbocycles. The van der Waals surface area contributed by atoms with Crippen molar-refractivity contribution >= 4 is 23.9 Å². The molecular weight excluding hydrogens is 420 g/mol. The molecule has 0 bridgehead atoms. The number of carbonyl (C=O) groups excluding carboxylic acids is 4. The van der Waals surface area contributed by atoms with Gasteiger partial charge in [-0.25, -0.2) is 14.4 Å². The van der Waals surface area contributed by atoms with Gasteiger partial charge in [-0.05, 0) is 39.7 Å². The van der Waals surface area contributed by atoms with Gasteiger partial charge in [0.1, 0.15) is 6.10 Å². The number of hydrogen-bond donors (Lipinski definition) is 0. The van der Waals surface area contributed by atoms with E-state index in [1.54, 1.807) is 26.0 Å². The summed E-state index contributed by atoms with van der Waals surface area (Å²) in [6.45, 7) is 10.2. The van der Waals surface area contributed by atoms with E-state index in [0.29, 0.717) is 12.8 Å². The first-order valence-corrected chi connectivity index (χ1v) is 10.4. The van der Waals surface area contributed by atoms with Gasteiger partial charge in [0, 0.05) is 12.5 Å². The number of epoxide rings is 1. The van der Waals surface area contributed by atoms with Crippen molar-refractivity contribution in [3.05, 3.63) is 35.5 Å². The molecule has 2 aliphatic heterocycles. The van der Waals surface area contributed by atoms with Crippen molar-refractivity contribution in [2.45, 2.75) is 70.6 Å². The Bertz CT molecular complexity index is 914. The second-order valence-corrected chi connectivity index (χ2v) is 8.39. The van der Waals surface area contributed by atoms with Crippen LogP contribution in [0.3, 0.4) is 0 Å². The summed E-state index contributed by atoms with van der Waals surface area (Å²) < 4.78 is 27.1. The Morgan fingerprint density at radius 3 is 2.47 bits per heavy atom. The maximum absolute atomic E-state index is 13.0. The summed E-state index contributed by atoms with van der Waals surface area (Å²) in [6.07, 6.45) is 0.540. The molecule has 9 heteroatoms. The fourth-order valence-electron chi connectivity index (χ4n) is 3.98. The Balaban J connectivity index is 2.14. The summed E-state index contributed by atoms with van der Waals surface area (Å²) in [7, 11) is 1.20. The van der Waals surface area contributed by atoms with Crippen LogP contribution in [0, 0.1) is 5.92 Å². The summed E-state index contributed by atoms with van der Waals surface area (Å²) in [4.78, 5) is 50.0. The van der Waals surface area contributed by atoms with Crippen molar-refractivity contribution in [2.24, 2.45) is 5.92 Å². The summed E-state index contributed by atoms with van der Waals surface area (Å²) >= 11 is 0. The highest BCUT2D eigenvalue weighted by molar-refractivity contribution is 5.93. The van der Waals surface area contributed by atoms with E-state index in [0.717, 1.165) is 5.57 Å². The van der Waals surface area contributed by atoms with Crippen molar-refractivity contribution in [2.75, 3.05) is 7.11 Å². The zero-order valence-corrected chi connectivity index (χ0v) is 18.8. The number of methoxy groups -OCH3 is 1. The van der Waals surface area contributed by atoms with Gasteiger partial charge >= 0.3 is 23.9 Å². The van der Waals surface area contributed by atoms with Crippen LogP contribution in [0.15, 0.2) is 35.5 Å². The highest BCUT2D eigenvalue weighted by Gasteiger charge is 2.59. The molecule has 3 aliphatic rings. The number of rotatable bonds is 4. The molecule has 9 nitrogen and oxygen atoms in total. The molecule has 2 saturated heterocycles. The normalized spacial score (nSPS) is 37.6. The Morgan fingerprint density at radius 1 is 1.25 bits per heavy atom. The van der Waals surface area contributed by atoms with Gasteiger partial charge in [-0.1, -0.05) is 18.2 Å². The number of ether oxygens (including phenoxy) is 5. The van der Waals surface area contributed by atoms with Gasteiger partial charge in [0.05, 0.1) is 24.7 Å². The average molecular weight is 448 g/mol. The highest BCUT2D eigenvalue weighted by Crippen LogP contribution is 2.41. The topological polar surface area (TPSA) is 118 Å². The maximum Gasteiger partial charge on any atom is 0.341 e. The van der Waals surface area contributed by atoms with Gasteiger partial charge in [0.2, 0.25) is 0 Å². The number of esters is 4. The Labute approximate surface area is 186 Å². The molecule has 32 heavy (non-hydrogen) atoms. The van der Waals surface area contributed by atoms with Crippen molar-refractivity contribution in [1.29, 1.82) is 0 Å². The third kappa shape index (κ3) is 4.48. The van der Waals surface area contributed by atoms with Gasteiger partial charge in [0.15, 0.2) is 17.8 Å². The van der Waals surface area contributed by atoms with Gasteiger partial charge in [-0.3, -0.25) is 4.79 Å². The monoisotopic (exact) mass is 448 g/mol. The molecule has 6 atom stereocenters. The highest BCUT2D eigenvalue weighted by atomic mass is 16.7. The second-order valence-electron chi connectivity index (χ2n) is 8.39. The van der Waals surface area contributed by atoms with Crippen LogP contribution in [0.25, 0.3) is 0 Å². The molecule has 174 valence electrons. The zero-order chi connectivity index (χ0) is 23.8. The summed E-state index contributed by atoms with van der Waals surface area (Å²) in [6, 6.07) is 0. The van der Waals surface area contributed by atoms with Crippen LogP contribution in [0.1, 0.15) is 40.5 Å². The lowest BCUT2D eigenvalue weighted by atomic mass is 9.83. The van der Waals surface area contributed by atoms with E-state index in [1.807, 2.05) is 6.92 Å². The molecule has 3 rings (SSSR count). The molecule has 0 unspecified atom stereocenters. The molecule has 0 aromatic heterocycles. The molecule has 2 fully saturated rings. The number of hydrogen-bond acceptors (Lipinski definition) is 9. The molecule has 0 amide bonds. The molecule has 0 aromatic carbocycles. The first kappa shape index (κ1) is 23.7.